The van der Waals surface area contributed by atoms with E-state index in [0.717, 1.165) is 11.1 Å². The van der Waals surface area contributed by atoms with Gasteiger partial charge in [-0.05, 0) is 31.0 Å². The lowest BCUT2D eigenvalue weighted by Crippen LogP contribution is -2.31. The van der Waals surface area contributed by atoms with Gasteiger partial charge in [-0.25, -0.2) is 0 Å². The first-order valence-electron chi connectivity index (χ1n) is 8.21. The van der Waals surface area contributed by atoms with Crippen molar-refractivity contribution in [1.29, 1.82) is 0 Å². The molecular formula is C19H22N2O3. The van der Waals surface area contributed by atoms with Crippen LogP contribution in [0, 0.1) is 6.92 Å². The number of likely N-dealkylation sites (tertiary alicyclic amines) is 1. The van der Waals surface area contributed by atoms with Crippen molar-refractivity contribution in [2.45, 2.75) is 26.1 Å². The highest BCUT2D eigenvalue weighted by atomic mass is 16.5. The lowest BCUT2D eigenvalue weighted by Gasteiger charge is -2.19. The molecule has 5 nitrogen and oxygen atoms in total. The van der Waals surface area contributed by atoms with Gasteiger partial charge in [0, 0.05) is 25.9 Å². The molecule has 0 aliphatic carbocycles. The van der Waals surface area contributed by atoms with E-state index in [1.165, 1.54) is 0 Å². The molecule has 1 aliphatic rings. The molecule has 0 spiro atoms. The molecule has 24 heavy (non-hydrogen) atoms. The van der Waals surface area contributed by atoms with E-state index in [1.807, 2.05) is 50.2 Å². The first kappa shape index (κ1) is 16.6. The van der Waals surface area contributed by atoms with E-state index in [9.17, 15) is 9.90 Å². The summed E-state index contributed by atoms with van der Waals surface area (Å²) in [4.78, 5) is 19.0. The number of β-amino-alcohol motifs (C(OH)–C–C–N with tert-alkyl or cyclic N) is 1. The van der Waals surface area contributed by atoms with Crippen LogP contribution in [-0.4, -0.2) is 52.8 Å². The van der Waals surface area contributed by atoms with E-state index in [2.05, 4.69) is 4.98 Å². The number of ether oxygens (including phenoxy) is 1. The Balaban J connectivity index is 1.94. The lowest BCUT2D eigenvalue weighted by molar-refractivity contribution is -0.00237. The SMILES string of the molecule is CCO[C@@H]1CN(C(=O)c2c(-c3ccccc3)ccnc2C)C[C@H]1O. The summed E-state index contributed by atoms with van der Waals surface area (Å²) in [6.45, 7) is 4.93. The number of aromatic nitrogens is 1. The van der Waals surface area contributed by atoms with E-state index < -0.39 is 6.10 Å². The number of rotatable bonds is 4. The van der Waals surface area contributed by atoms with Crippen LogP contribution in [0.25, 0.3) is 11.1 Å². The molecule has 0 saturated carbocycles. The summed E-state index contributed by atoms with van der Waals surface area (Å²) >= 11 is 0. The van der Waals surface area contributed by atoms with Gasteiger partial charge in [0.2, 0.25) is 0 Å². The molecule has 1 aromatic heterocycles. The van der Waals surface area contributed by atoms with Crippen LogP contribution in [-0.2, 0) is 4.74 Å². The molecule has 1 aliphatic heterocycles. The molecule has 0 unspecified atom stereocenters. The van der Waals surface area contributed by atoms with Gasteiger partial charge in [0.1, 0.15) is 6.10 Å². The number of aliphatic hydroxyl groups excluding tert-OH is 1. The first-order valence-corrected chi connectivity index (χ1v) is 8.21. The number of hydrogen-bond acceptors (Lipinski definition) is 4. The van der Waals surface area contributed by atoms with Crippen molar-refractivity contribution >= 4 is 5.91 Å². The van der Waals surface area contributed by atoms with Crippen molar-refractivity contribution < 1.29 is 14.6 Å². The van der Waals surface area contributed by atoms with Crippen LogP contribution in [0.3, 0.4) is 0 Å². The van der Waals surface area contributed by atoms with Gasteiger partial charge >= 0.3 is 0 Å². The normalized spacial score (nSPS) is 20.4. The van der Waals surface area contributed by atoms with Gasteiger partial charge in [-0.2, -0.15) is 0 Å². The highest BCUT2D eigenvalue weighted by Gasteiger charge is 2.36. The molecular weight excluding hydrogens is 304 g/mol. The van der Waals surface area contributed by atoms with E-state index in [4.69, 9.17) is 4.74 Å². The monoisotopic (exact) mass is 326 g/mol. The van der Waals surface area contributed by atoms with Gasteiger partial charge in [-0.1, -0.05) is 30.3 Å². The second-order valence-electron chi connectivity index (χ2n) is 5.96. The van der Waals surface area contributed by atoms with Crippen molar-refractivity contribution in [3.05, 3.63) is 53.9 Å². The fourth-order valence-corrected chi connectivity index (χ4v) is 3.15. The minimum absolute atomic E-state index is 0.110. The molecule has 1 N–H and O–H groups in total. The summed E-state index contributed by atoms with van der Waals surface area (Å²) in [5.74, 6) is -0.110. The molecule has 1 amide bonds. The molecule has 3 rings (SSSR count). The van der Waals surface area contributed by atoms with Gasteiger partial charge in [0.05, 0.1) is 17.4 Å². The average Bonchev–Trinajstić information content (AvgIpc) is 2.96. The van der Waals surface area contributed by atoms with Gasteiger partial charge in [0.15, 0.2) is 0 Å². The molecule has 0 bridgehead atoms. The number of amides is 1. The standard InChI is InChI=1S/C19H22N2O3/c1-3-24-17-12-21(11-16(17)22)19(23)18-13(2)20-10-9-15(18)14-7-5-4-6-8-14/h4-10,16-17,22H,3,11-12H2,1-2H3/t16-,17-/m1/s1. The number of hydrogen-bond donors (Lipinski definition) is 1. The van der Waals surface area contributed by atoms with Crippen LogP contribution in [0.2, 0.25) is 0 Å². The maximum atomic E-state index is 13.1. The minimum atomic E-state index is -0.647. The molecule has 1 fully saturated rings. The summed E-state index contributed by atoms with van der Waals surface area (Å²) in [6, 6.07) is 11.7. The first-order chi connectivity index (χ1) is 11.6. The topological polar surface area (TPSA) is 62.7 Å². The van der Waals surface area contributed by atoms with Crippen LogP contribution in [0.5, 0.6) is 0 Å². The zero-order valence-corrected chi connectivity index (χ0v) is 14.0. The average molecular weight is 326 g/mol. The molecule has 2 aromatic rings. The predicted molar refractivity (Wildman–Crippen MR) is 91.7 cm³/mol. The Morgan fingerprint density at radius 3 is 2.75 bits per heavy atom. The molecule has 5 heteroatoms. The van der Waals surface area contributed by atoms with E-state index in [1.54, 1.807) is 11.1 Å². The number of aryl methyl sites for hydroxylation is 1. The summed E-state index contributed by atoms with van der Waals surface area (Å²) in [5, 5.41) is 10.1. The van der Waals surface area contributed by atoms with E-state index in [-0.39, 0.29) is 18.6 Å². The Hall–Kier alpha value is -2.24. The van der Waals surface area contributed by atoms with Crippen molar-refractivity contribution in [3.8, 4) is 11.1 Å². The molecule has 1 saturated heterocycles. The zero-order valence-electron chi connectivity index (χ0n) is 14.0. The number of nitrogens with zero attached hydrogens (tertiary/aromatic N) is 2. The number of aliphatic hydroxyl groups is 1. The Labute approximate surface area is 141 Å². The molecule has 2 atom stereocenters. The highest BCUT2D eigenvalue weighted by Crippen LogP contribution is 2.27. The summed E-state index contributed by atoms with van der Waals surface area (Å²) in [7, 11) is 0. The fraction of sp³-hybridized carbons (Fsp3) is 0.368. The van der Waals surface area contributed by atoms with Crippen molar-refractivity contribution in [2.24, 2.45) is 0 Å². The zero-order chi connectivity index (χ0) is 17.1. The lowest BCUT2D eigenvalue weighted by atomic mass is 9.98. The Kier molecular flexibility index (Phi) is 4.92. The van der Waals surface area contributed by atoms with Crippen molar-refractivity contribution in [3.63, 3.8) is 0 Å². The third-order valence-electron chi connectivity index (χ3n) is 4.34. The number of pyridine rings is 1. The summed E-state index contributed by atoms with van der Waals surface area (Å²) < 4.78 is 5.52. The maximum Gasteiger partial charge on any atom is 0.256 e. The Morgan fingerprint density at radius 2 is 2.04 bits per heavy atom. The molecule has 126 valence electrons. The molecule has 2 heterocycles. The number of carbonyl (C=O) groups excluding carboxylic acids is 1. The van der Waals surface area contributed by atoms with Crippen molar-refractivity contribution in [1.82, 2.24) is 9.88 Å². The minimum Gasteiger partial charge on any atom is -0.388 e. The van der Waals surface area contributed by atoms with Crippen molar-refractivity contribution in [2.75, 3.05) is 19.7 Å². The Bertz CT molecular complexity index is 718. The van der Waals surface area contributed by atoms with Crippen LogP contribution in [0.4, 0.5) is 0 Å². The quantitative estimate of drug-likeness (QED) is 0.936. The van der Waals surface area contributed by atoms with Gasteiger partial charge < -0.3 is 14.7 Å². The van der Waals surface area contributed by atoms with Crippen LogP contribution >= 0.6 is 0 Å². The molecule has 1 aromatic carbocycles. The summed E-state index contributed by atoms with van der Waals surface area (Å²) in [6.07, 6.45) is 0.748. The third-order valence-corrected chi connectivity index (χ3v) is 4.34. The summed E-state index contributed by atoms with van der Waals surface area (Å²) in [5.41, 5.74) is 3.12. The van der Waals surface area contributed by atoms with Gasteiger partial charge in [-0.3, -0.25) is 9.78 Å². The van der Waals surface area contributed by atoms with Crippen LogP contribution < -0.4 is 0 Å². The fourth-order valence-electron chi connectivity index (χ4n) is 3.15. The second kappa shape index (κ2) is 7.11. The predicted octanol–water partition coefficient (Wildman–Crippen LogP) is 2.28. The second-order valence-corrected chi connectivity index (χ2v) is 5.96. The van der Waals surface area contributed by atoms with Crippen LogP contribution in [0.1, 0.15) is 23.0 Å². The third kappa shape index (κ3) is 3.18. The largest absolute Gasteiger partial charge is 0.388 e. The molecule has 0 radical (unpaired) electrons. The van der Waals surface area contributed by atoms with E-state index >= 15 is 0 Å². The van der Waals surface area contributed by atoms with E-state index in [0.29, 0.717) is 24.4 Å². The maximum absolute atomic E-state index is 13.1. The highest BCUT2D eigenvalue weighted by molar-refractivity contribution is 6.02. The Morgan fingerprint density at radius 1 is 1.29 bits per heavy atom. The van der Waals surface area contributed by atoms with Gasteiger partial charge in [0.25, 0.3) is 5.91 Å². The number of carbonyl (C=O) groups is 1. The van der Waals surface area contributed by atoms with Gasteiger partial charge in [-0.15, -0.1) is 0 Å². The van der Waals surface area contributed by atoms with Crippen LogP contribution in [0.15, 0.2) is 42.6 Å². The smallest absolute Gasteiger partial charge is 0.256 e. The number of benzene rings is 1.